The number of nitrogens with one attached hydrogen (secondary N) is 1. The lowest BCUT2D eigenvalue weighted by Crippen LogP contribution is -2.31. The van der Waals surface area contributed by atoms with Crippen molar-refractivity contribution in [2.45, 2.75) is 37.8 Å². The van der Waals surface area contributed by atoms with E-state index in [4.69, 9.17) is 4.74 Å². The van der Waals surface area contributed by atoms with Gasteiger partial charge in [0.25, 0.3) is 5.91 Å². The van der Waals surface area contributed by atoms with Crippen LogP contribution >= 0.6 is 0 Å². The summed E-state index contributed by atoms with van der Waals surface area (Å²) in [4.78, 5) is 12.3. The summed E-state index contributed by atoms with van der Waals surface area (Å²) < 4.78 is 31.7. The van der Waals surface area contributed by atoms with Gasteiger partial charge in [0.05, 0.1) is 12.0 Å². The topological polar surface area (TPSA) is 75.7 Å². The summed E-state index contributed by atoms with van der Waals surface area (Å²) in [5.41, 5.74) is 1.36. The quantitative estimate of drug-likeness (QED) is 0.752. The molecule has 1 atom stereocenters. The van der Waals surface area contributed by atoms with Gasteiger partial charge in [0.15, 0.2) is 0 Å². The number of nitrogens with zero attached hydrogens (tertiary/aromatic N) is 1. The molecule has 0 aliphatic carbocycles. The van der Waals surface area contributed by atoms with Gasteiger partial charge in [-0.2, -0.15) is 4.31 Å². The molecule has 2 aromatic rings. The molecule has 0 bridgehead atoms. The molecule has 146 valence electrons. The molecule has 2 aromatic carbocycles. The average molecular weight is 391 g/mol. The molecule has 0 radical (unpaired) electrons. The fraction of sp³-hybridized carbons (Fsp3) is 0.350. The van der Waals surface area contributed by atoms with Gasteiger partial charge in [0.2, 0.25) is 10.0 Å². The van der Waals surface area contributed by atoms with Crippen molar-refractivity contribution >= 4 is 15.9 Å². The first-order valence-corrected chi connectivity index (χ1v) is 10.2. The lowest BCUT2D eigenvalue weighted by Gasteiger charge is -2.18. The molecule has 0 heterocycles. The summed E-state index contributed by atoms with van der Waals surface area (Å²) in [5.74, 6) is 0.470. The van der Waals surface area contributed by atoms with Gasteiger partial charge in [-0.3, -0.25) is 4.79 Å². The smallest absolute Gasteiger partial charge is 0.251 e. The first-order chi connectivity index (χ1) is 12.8. The highest BCUT2D eigenvalue weighted by Gasteiger charge is 2.21. The number of methoxy groups -OCH3 is 1. The van der Waals surface area contributed by atoms with E-state index < -0.39 is 10.0 Å². The Morgan fingerprint density at radius 2 is 1.70 bits per heavy atom. The standard InChI is InChI=1S/C20H26N2O4S/c1-5-15(2)21-20(23)17-8-6-16(7-9-17)14-22(3)27(24,25)19-12-10-18(26-4)11-13-19/h6-13,15H,5,14H2,1-4H3,(H,21,23). The van der Waals surface area contributed by atoms with Gasteiger partial charge in [-0.1, -0.05) is 19.1 Å². The van der Waals surface area contributed by atoms with Crippen molar-refractivity contribution < 1.29 is 17.9 Å². The van der Waals surface area contributed by atoms with E-state index in [-0.39, 0.29) is 23.4 Å². The number of rotatable bonds is 8. The van der Waals surface area contributed by atoms with Gasteiger partial charge in [0, 0.05) is 25.2 Å². The Morgan fingerprint density at radius 3 is 2.22 bits per heavy atom. The lowest BCUT2D eigenvalue weighted by atomic mass is 10.1. The van der Waals surface area contributed by atoms with E-state index in [1.165, 1.54) is 30.6 Å². The Balaban J connectivity index is 2.08. The van der Waals surface area contributed by atoms with Gasteiger partial charge in [-0.05, 0) is 55.3 Å². The van der Waals surface area contributed by atoms with E-state index in [1.807, 2.05) is 13.8 Å². The van der Waals surface area contributed by atoms with E-state index in [0.29, 0.717) is 11.3 Å². The van der Waals surface area contributed by atoms with Gasteiger partial charge >= 0.3 is 0 Å². The molecule has 1 N–H and O–H groups in total. The van der Waals surface area contributed by atoms with E-state index in [1.54, 1.807) is 36.4 Å². The number of sulfonamides is 1. The number of benzene rings is 2. The molecule has 7 heteroatoms. The van der Waals surface area contributed by atoms with Crippen molar-refractivity contribution in [3.63, 3.8) is 0 Å². The highest BCUT2D eigenvalue weighted by Crippen LogP contribution is 2.20. The Hall–Kier alpha value is -2.38. The third kappa shape index (κ3) is 5.30. The normalized spacial score (nSPS) is 12.6. The molecule has 0 saturated heterocycles. The van der Waals surface area contributed by atoms with Crippen LogP contribution in [0.3, 0.4) is 0 Å². The molecule has 0 aliphatic rings. The lowest BCUT2D eigenvalue weighted by molar-refractivity contribution is 0.0939. The monoisotopic (exact) mass is 390 g/mol. The van der Waals surface area contributed by atoms with Gasteiger partial charge < -0.3 is 10.1 Å². The minimum atomic E-state index is -3.61. The third-order valence-electron chi connectivity index (χ3n) is 4.38. The largest absolute Gasteiger partial charge is 0.497 e. The number of carbonyl (C=O) groups is 1. The van der Waals surface area contributed by atoms with Gasteiger partial charge in [-0.25, -0.2) is 8.42 Å². The summed E-state index contributed by atoms with van der Waals surface area (Å²) in [7, 11) is -0.548. The first-order valence-electron chi connectivity index (χ1n) is 8.78. The molecule has 27 heavy (non-hydrogen) atoms. The molecular weight excluding hydrogens is 364 g/mol. The van der Waals surface area contributed by atoms with Crippen molar-refractivity contribution in [2.75, 3.05) is 14.2 Å². The van der Waals surface area contributed by atoms with Crippen LogP contribution in [0.1, 0.15) is 36.2 Å². The fourth-order valence-corrected chi connectivity index (χ4v) is 3.60. The predicted octanol–water partition coefficient (Wildman–Crippen LogP) is 3.04. The second-order valence-electron chi connectivity index (χ2n) is 6.42. The molecule has 0 aliphatic heterocycles. The summed E-state index contributed by atoms with van der Waals surface area (Å²) in [6, 6.07) is 13.3. The third-order valence-corrected chi connectivity index (χ3v) is 6.20. The van der Waals surface area contributed by atoms with Gasteiger partial charge in [0.1, 0.15) is 5.75 Å². The zero-order chi connectivity index (χ0) is 20.0. The molecule has 0 aromatic heterocycles. The molecule has 1 unspecified atom stereocenters. The van der Waals surface area contributed by atoms with Gasteiger partial charge in [-0.15, -0.1) is 0 Å². The van der Waals surface area contributed by atoms with Crippen molar-refractivity contribution in [3.8, 4) is 5.75 Å². The average Bonchev–Trinajstić information content (AvgIpc) is 2.68. The Morgan fingerprint density at radius 1 is 1.11 bits per heavy atom. The van der Waals surface area contributed by atoms with Crippen LogP contribution in [0.4, 0.5) is 0 Å². The van der Waals surface area contributed by atoms with E-state index in [9.17, 15) is 13.2 Å². The predicted molar refractivity (Wildman–Crippen MR) is 105 cm³/mol. The van der Waals surface area contributed by atoms with Crippen LogP contribution in [0.25, 0.3) is 0 Å². The minimum Gasteiger partial charge on any atom is -0.497 e. The second kappa shape index (κ2) is 9.01. The number of amides is 1. The maximum absolute atomic E-state index is 12.7. The zero-order valence-corrected chi connectivity index (χ0v) is 16.9. The van der Waals surface area contributed by atoms with E-state index in [0.717, 1.165) is 12.0 Å². The van der Waals surface area contributed by atoms with Crippen LogP contribution in [0.5, 0.6) is 5.75 Å². The SMILES string of the molecule is CCC(C)NC(=O)c1ccc(CN(C)S(=O)(=O)c2ccc(OC)cc2)cc1. The maximum Gasteiger partial charge on any atom is 0.251 e. The number of hydrogen-bond acceptors (Lipinski definition) is 4. The second-order valence-corrected chi connectivity index (χ2v) is 8.46. The molecular formula is C20H26N2O4S. The minimum absolute atomic E-state index is 0.109. The van der Waals surface area contributed by atoms with E-state index in [2.05, 4.69) is 5.32 Å². The first kappa shape index (κ1) is 20.9. The molecule has 6 nitrogen and oxygen atoms in total. The van der Waals surface area contributed by atoms with Crippen LogP contribution in [-0.4, -0.2) is 38.8 Å². The summed E-state index contributed by atoms with van der Waals surface area (Å²) in [5, 5.41) is 2.91. The van der Waals surface area contributed by atoms with Crippen molar-refractivity contribution in [1.29, 1.82) is 0 Å². The van der Waals surface area contributed by atoms with Crippen molar-refractivity contribution in [2.24, 2.45) is 0 Å². The summed E-state index contributed by atoms with van der Waals surface area (Å²) in [6.45, 7) is 4.17. The van der Waals surface area contributed by atoms with Crippen LogP contribution in [-0.2, 0) is 16.6 Å². The Bertz CT molecular complexity index is 862. The van der Waals surface area contributed by atoms with Crippen molar-refractivity contribution in [3.05, 3.63) is 59.7 Å². The molecule has 2 rings (SSSR count). The molecule has 0 saturated carbocycles. The van der Waals surface area contributed by atoms with Crippen LogP contribution < -0.4 is 10.1 Å². The van der Waals surface area contributed by atoms with Crippen LogP contribution in [0, 0.1) is 0 Å². The van der Waals surface area contributed by atoms with E-state index >= 15 is 0 Å². The Kier molecular flexibility index (Phi) is 6.98. The summed E-state index contributed by atoms with van der Waals surface area (Å²) in [6.07, 6.45) is 0.859. The number of carbonyl (C=O) groups excluding carboxylic acids is 1. The fourth-order valence-electron chi connectivity index (χ4n) is 2.44. The number of hydrogen-bond donors (Lipinski definition) is 1. The van der Waals surface area contributed by atoms with Crippen LogP contribution in [0.15, 0.2) is 53.4 Å². The Labute approximate surface area is 161 Å². The highest BCUT2D eigenvalue weighted by molar-refractivity contribution is 7.89. The van der Waals surface area contributed by atoms with Crippen LogP contribution in [0.2, 0.25) is 0 Å². The highest BCUT2D eigenvalue weighted by atomic mass is 32.2. The van der Waals surface area contributed by atoms with Crippen molar-refractivity contribution in [1.82, 2.24) is 9.62 Å². The maximum atomic E-state index is 12.7. The molecule has 0 fully saturated rings. The number of ether oxygens (including phenoxy) is 1. The summed E-state index contributed by atoms with van der Waals surface area (Å²) >= 11 is 0. The zero-order valence-electron chi connectivity index (χ0n) is 16.1. The molecule has 0 spiro atoms. The molecule has 1 amide bonds.